The Hall–Kier alpha value is -1.32. The first-order valence-corrected chi connectivity index (χ1v) is 5.49. The molecule has 0 radical (unpaired) electrons. The highest BCUT2D eigenvalue weighted by Crippen LogP contribution is 2.31. The first kappa shape index (κ1) is 10.2. The van der Waals surface area contributed by atoms with Crippen molar-refractivity contribution in [3.63, 3.8) is 0 Å². The fourth-order valence-corrected chi connectivity index (χ4v) is 1.53. The highest BCUT2D eigenvalue weighted by atomic mass is 16.5. The average Bonchev–Trinajstić information content (AvgIpc) is 2.87. The molecular weight excluding hydrogens is 192 g/mol. The van der Waals surface area contributed by atoms with Gasteiger partial charge in [-0.25, -0.2) is 0 Å². The first-order valence-electron chi connectivity index (χ1n) is 5.49. The van der Waals surface area contributed by atoms with Crippen molar-refractivity contribution < 1.29 is 9.32 Å². The van der Waals surface area contributed by atoms with Crippen molar-refractivity contribution in [1.29, 1.82) is 0 Å². The summed E-state index contributed by atoms with van der Waals surface area (Å²) in [7, 11) is 0. The van der Waals surface area contributed by atoms with Gasteiger partial charge in [0.25, 0.3) is 0 Å². The molecule has 1 fully saturated rings. The zero-order valence-corrected chi connectivity index (χ0v) is 8.74. The summed E-state index contributed by atoms with van der Waals surface area (Å²) in [6, 6.07) is 0. The maximum Gasteiger partial charge on any atom is 0.220 e. The standard InChI is InChI=1S/C11H16N2O2/c14-11(6-9-3-4-9)12-5-1-2-10-7-13-15-8-10/h7-9H,1-6H2,(H,12,14). The molecule has 1 saturated carbocycles. The summed E-state index contributed by atoms with van der Waals surface area (Å²) in [4.78, 5) is 11.3. The highest BCUT2D eigenvalue weighted by Gasteiger charge is 2.23. The quantitative estimate of drug-likeness (QED) is 0.721. The fraction of sp³-hybridized carbons (Fsp3) is 0.636. The molecule has 2 rings (SSSR count). The number of amides is 1. The van der Waals surface area contributed by atoms with Crippen LogP contribution >= 0.6 is 0 Å². The van der Waals surface area contributed by atoms with Crippen molar-refractivity contribution in [2.24, 2.45) is 5.92 Å². The van der Waals surface area contributed by atoms with Crippen LogP contribution in [0.3, 0.4) is 0 Å². The number of rotatable bonds is 6. The lowest BCUT2D eigenvalue weighted by Gasteiger charge is -2.02. The molecule has 0 aromatic carbocycles. The van der Waals surface area contributed by atoms with Crippen molar-refractivity contribution in [3.05, 3.63) is 18.0 Å². The lowest BCUT2D eigenvalue weighted by molar-refractivity contribution is -0.121. The van der Waals surface area contributed by atoms with E-state index in [1.54, 1.807) is 12.5 Å². The second-order valence-electron chi connectivity index (χ2n) is 4.13. The van der Waals surface area contributed by atoms with Gasteiger partial charge < -0.3 is 9.84 Å². The summed E-state index contributed by atoms with van der Waals surface area (Å²) >= 11 is 0. The third kappa shape index (κ3) is 3.73. The first-order chi connectivity index (χ1) is 7.34. The Bertz CT molecular complexity index is 304. The molecule has 1 aromatic heterocycles. The number of nitrogens with one attached hydrogen (secondary N) is 1. The molecule has 1 N–H and O–H groups in total. The van der Waals surface area contributed by atoms with Crippen molar-refractivity contribution >= 4 is 5.91 Å². The number of hydrogen-bond donors (Lipinski definition) is 1. The number of nitrogens with zero attached hydrogens (tertiary/aromatic N) is 1. The van der Waals surface area contributed by atoms with Gasteiger partial charge >= 0.3 is 0 Å². The second kappa shape index (κ2) is 4.96. The molecule has 1 heterocycles. The van der Waals surface area contributed by atoms with Crippen LogP contribution in [0.2, 0.25) is 0 Å². The number of carbonyl (C=O) groups excluding carboxylic acids is 1. The number of hydrogen-bond acceptors (Lipinski definition) is 3. The monoisotopic (exact) mass is 208 g/mol. The predicted molar refractivity (Wildman–Crippen MR) is 55.2 cm³/mol. The van der Waals surface area contributed by atoms with Crippen LogP contribution in [0.1, 0.15) is 31.2 Å². The Balaban J connectivity index is 1.52. The van der Waals surface area contributed by atoms with E-state index in [4.69, 9.17) is 4.52 Å². The molecule has 0 bridgehead atoms. The molecule has 4 heteroatoms. The van der Waals surface area contributed by atoms with Gasteiger partial charge in [-0.3, -0.25) is 4.79 Å². The molecule has 0 aliphatic heterocycles. The van der Waals surface area contributed by atoms with Crippen LogP contribution in [0, 0.1) is 5.92 Å². The van der Waals surface area contributed by atoms with Crippen molar-refractivity contribution in [1.82, 2.24) is 10.5 Å². The maximum absolute atomic E-state index is 11.3. The summed E-state index contributed by atoms with van der Waals surface area (Å²) in [5.74, 6) is 0.867. The molecule has 0 spiro atoms. The van der Waals surface area contributed by atoms with Gasteiger partial charge in [0, 0.05) is 18.5 Å². The second-order valence-corrected chi connectivity index (χ2v) is 4.13. The normalized spacial score (nSPS) is 15.2. The van der Waals surface area contributed by atoms with Gasteiger partial charge in [0.2, 0.25) is 5.91 Å². The SMILES string of the molecule is O=C(CC1CC1)NCCCc1cnoc1. The minimum absolute atomic E-state index is 0.197. The minimum Gasteiger partial charge on any atom is -0.364 e. The summed E-state index contributed by atoms with van der Waals surface area (Å²) in [5.41, 5.74) is 1.09. The van der Waals surface area contributed by atoms with Crippen molar-refractivity contribution in [3.8, 4) is 0 Å². The van der Waals surface area contributed by atoms with Gasteiger partial charge in [0.1, 0.15) is 6.26 Å². The molecule has 1 aliphatic rings. The third-order valence-electron chi connectivity index (χ3n) is 2.62. The Labute approximate surface area is 89.0 Å². The Morgan fingerprint density at radius 1 is 1.60 bits per heavy atom. The number of carbonyl (C=O) groups is 1. The van der Waals surface area contributed by atoms with Gasteiger partial charge in [0.15, 0.2) is 0 Å². The van der Waals surface area contributed by atoms with E-state index in [1.807, 2.05) is 0 Å². The van der Waals surface area contributed by atoms with Crippen LogP contribution < -0.4 is 5.32 Å². The highest BCUT2D eigenvalue weighted by molar-refractivity contribution is 5.76. The van der Waals surface area contributed by atoms with E-state index in [2.05, 4.69) is 10.5 Å². The lowest BCUT2D eigenvalue weighted by Crippen LogP contribution is -2.24. The molecule has 0 atom stereocenters. The van der Waals surface area contributed by atoms with Crippen LogP contribution in [-0.4, -0.2) is 17.6 Å². The van der Waals surface area contributed by atoms with Crippen LogP contribution in [0.15, 0.2) is 17.0 Å². The Kier molecular flexibility index (Phi) is 3.37. The van der Waals surface area contributed by atoms with Crippen LogP contribution in [0.5, 0.6) is 0 Å². The van der Waals surface area contributed by atoms with E-state index in [1.165, 1.54) is 12.8 Å². The van der Waals surface area contributed by atoms with Crippen molar-refractivity contribution in [2.75, 3.05) is 6.54 Å². The lowest BCUT2D eigenvalue weighted by atomic mass is 10.2. The van der Waals surface area contributed by atoms with Crippen LogP contribution in [0.4, 0.5) is 0 Å². The van der Waals surface area contributed by atoms with Crippen LogP contribution in [-0.2, 0) is 11.2 Å². The molecule has 1 amide bonds. The molecule has 1 aliphatic carbocycles. The van der Waals surface area contributed by atoms with Gasteiger partial charge in [-0.1, -0.05) is 5.16 Å². The molecule has 0 saturated heterocycles. The number of aryl methyl sites for hydroxylation is 1. The fourth-order valence-electron chi connectivity index (χ4n) is 1.53. The number of aromatic nitrogens is 1. The Morgan fingerprint density at radius 3 is 3.13 bits per heavy atom. The molecular formula is C11H16N2O2. The van der Waals surface area contributed by atoms with E-state index in [0.29, 0.717) is 12.3 Å². The molecule has 82 valence electrons. The summed E-state index contributed by atoms with van der Waals surface area (Å²) in [6.07, 6.45) is 8.39. The van der Waals surface area contributed by atoms with Gasteiger partial charge in [-0.05, 0) is 31.6 Å². The van der Waals surface area contributed by atoms with E-state index >= 15 is 0 Å². The largest absolute Gasteiger partial charge is 0.364 e. The smallest absolute Gasteiger partial charge is 0.220 e. The van der Waals surface area contributed by atoms with Crippen molar-refractivity contribution in [2.45, 2.75) is 32.1 Å². The van der Waals surface area contributed by atoms with Gasteiger partial charge in [-0.2, -0.15) is 0 Å². The van der Waals surface area contributed by atoms with E-state index in [9.17, 15) is 4.79 Å². The summed E-state index contributed by atoms with van der Waals surface area (Å²) in [6.45, 7) is 0.747. The summed E-state index contributed by atoms with van der Waals surface area (Å²) in [5, 5.41) is 6.55. The maximum atomic E-state index is 11.3. The third-order valence-corrected chi connectivity index (χ3v) is 2.62. The van der Waals surface area contributed by atoms with E-state index < -0.39 is 0 Å². The average molecular weight is 208 g/mol. The molecule has 0 unspecified atom stereocenters. The predicted octanol–water partition coefficient (Wildman–Crippen LogP) is 1.52. The summed E-state index contributed by atoms with van der Waals surface area (Å²) < 4.78 is 4.72. The molecule has 4 nitrogen and oxygen atoms in total. The minimum atomic E-state index is 0.197. The molecule has 1 aromatic rings. The van der Waals surface area contributed by atoms with E-state index in [-0.39, 0.29) is 5.91 Å². The van der Waals surface area contributed by atoms with Crippen LogP contribution in [0.25, 0.3) is 0 Å². The van der Waals surface area contributed by atoms with E-state index in [0.717, 1.165) is 24.9 Å². The Morgan fingerprint density at radius 2 is 2.47 bits per heavy atom. The van der Waals surface area contributed by atoms with Gasteiger partial charge in [-0.15, -0.1) is 0 Å². The molecule has 15 heavy (non-hydrogen) atoms. The topological polar surface area (TPSA) is 55.1 Å². The van der Waals surface area contributed by atoms with Gasteiger partial charge in [0.05, 0.1) is 6.20 Å². The zero-order chi connectivity index (χ0) is 10.5. The zero-order valence-electron chi connectivity index (χ0n) is 8.74.